The van der Waals surface area contributed by atoms with Gasteiger partial charge < -0.3 is 10.1 Å². The number of rotatable bonds is 7. The Morgan fingerprint density at radius 2 is 2.10 bits per heavy atom. The molecule has 1 saturated carbocycles. The van der Waals surface area contributed by atoms with Crippen molar-refractivity contribution < 1.29 is 4.74 Å². The lowest BCUT2D eigenvalue weighted by atomic mass is 10.2. The highest BCUT2D eigenvalue weighted by atomic mass is 32.1. The summed E-state index contributed by atoms with van der Waals surface area (Å²) in [7, 11) is 0. The van der Waals surface area contributed by atoms with E-state index in [1.165, 1.54) is 17.8 Å². The lowest BCUT2D eigenvalue weighted by Gasteiger charge is -2.04. The summed E-state index contributed by atoms with van der Waals surface area (Å²) in [5.41, 5.74) is 2.22. The smallest absolute Gasteiger partial charge is 0.119 e. The quantitative estimate of drug-likeness (QED) is 0.840. The van der Waals surface area contributed by atoms with Crippen LogP contribution in [0.2, 0.25) is 0 Å². The van der Waals surface area contributed by atoms with E-state index in [2.05, 4.69) is 34.7 Å². The molecule has 0 spiro atoms. The number of benzene rings is 1. The van der Waals surface area contributed by atoms with Crippen molar-refractivity contribution in [2.75, 3.05) is 6.61 Å². The van der Waals surface area contributed by atoms with Gasteiger partial charge in [-0.05, 0) is 43.5 Å². The summed E-state index contributed by atoms with van der Waals surface area (Å²) in [6.45, 7) is 3.78. The van der Waals surface area contributed by atoms with E-state index < -0.39 is 0 Å². The average Bonchev–Trinajstić information content (AvgIpc) is 3.20. The molecule has 20 heavy (non-hydrogen) atoms. The molecular formula is C16H20N2OS. The lowest BCUT2D eigenvalue weighted by molar-refractivity contribution is 0.317. The Morgan fingerprint density at radius 1 is 1.30 bits per heavy atom. The number of ether oxygens (including phenoxy) is 1. The molecule has 1 fully saturated rings. The molecule has 0 unspecified atom stereocenters. The van der Waals surface area contributed by atoms with Crippen LogP contribution in [-0.4, -0.2) is 17.6 Å². The molecule has 4 heteroatoms. The maximum Gasteiger partial charge on any atom is 0.119 e. The molecule has 0 radical (unpaired) electrons. The minimum atomic E-state index is 0.734. The van der Waals surface area contributed by atoms with E-state index in [1.54, 1.807) is 11.3 Å². The van der Waals surface area contributed by atoms with Gasteiger partial charge in [0.05, 0.1) is 12.3 Å². The number of nitrogens with zero attached hydrogens (tertiary/aromatic N) is 1. The monoisotopic (exact) mass is 288 g/mol. The first kappa shape index (κ1) is 13.6. The Hall–Kier alpha value is -1.39. The third-order valence-corrected chi connectivity index (χ3v) is 4.14. The number of hydrogen-bond acceptors (Lipinski definition) is 4. The number of nitrogens with one attached hydrogen (secondary N) is 1. The zero-order chi connectivity index (χ0) is 13.8. The van der Waals surface area contributed by atoms with Crippen molar-refractivity contribution in [1.29, 1.82) is 0 Å². The van der Waals surface area contributed by atoms with Gasteiger partial charge in [0, 0.05) is 23.5 Å². The lowest BCUT2D eigenvalue weighted by Crippen LogP contribution is -2.14. The highest BCUT2D eigenvalue weighted by molar-refractivity contribution is 7.09. The van der Waals surface area contributed by atoms with Gasteiger partial charge in [0.25, 0.3) is 0 Å². The summed E-state index contributed by atoms with van der Waals surface area (Å²) < 4.78 is 5.60. The number of aromatic nitrogens is 1. The standard InChI is InChI=1S/C16H20N2OS/c1-2-9-19-14-7-3-12(4-8-14)15-11-20-16(18-15)10-17-13-5-6-13/h3-4,7-8,11,13,17H,2,5-6,9-10H2,1H3. The highest BCUT2D eigenvalue weighted by Gasteiger charge is 2.20. The molecule has 1 aliphatic carbocycles. The van der Waals surface area contributed by atoms with Crippen LogP contribution in [0.5, 0.6) is 5.75 Å². The molecule has 0 saturated heterocycles. The maximum atomic E-state index is 5.60. The van der Waals surface area contributed by atoms with Crippen LogP contribution < -0.4 is 10.1 Å². The average molecular weight is 288 g/mol. The molecule has 2 aromatic rings. The van der Waals surface area contributed by atoms with Crippen molar-refractivity contribution in [2.24, 2.45) is 0 Å². The predicted octanol–water partition coefficient (Wildman–Crippen LogP) is 3.85. The van der Waals surface area contributed by atoms with Crippen LogP contribution in [0.25, 0.3) is 11.3 Å². The molecule has 0 aliphatic heterocycles. The fourth-order valence-corrected chi connectivity index (χ4v) is 2.74. The molecule has 1 heterocycles. The molecule has 3 rings (SSSR count). The van der Waals surface area contributed by atoms with Gasteiger partial charge in [0.1, 0.15) is 10.8 Å². The van der Waals surface area contributed by atoms with E-state index in [4.69, 9.17) is 4.74 Å². The van der Waals surface area contributed by atoms with Gasteiger partial charge in [0.15, 0.2) is 0 Å². The Labute approximate surface area is 124 Å². The normalized spacial score (nSPS) is 14.4. The van der Waals surface area contributed by atoms with Crippen molar-refractivity contribution in [3.8, 4) is 17.0 Å². The molecule has 1 aliphatic rings. The molecule has 1 aromatic heterocycles. The Morgan fingerprint density at radius 3 is 2.80 bits per heavy atom. The van der Waals surface area contributed by atoms with Crippen LogP contribution in [0.15, 0.2) is 29.6 Å². The molecule has 1 N–H and O–H groups in total. The van der Waals surface area contributed by atoms with Gasteiger partial charge in [-0.3, -0.25) is 0 Å². The second kappa shape index (κ2) is 6.37. The summed E-state index contributed by atoms with van der Waals surface area (Å²) in [5, 5.41) is 6.79. The fraction of sp³-hybridized carbons (Fsp3) is 0.438. The Balaban J connectivity index is 1.62. The van der Waals surface area contributed by atoms with Crippen molar-refractivity contribution >= 4 is 11.3 Å². The van der Waals surface area contributed by atoms with Gasteiger partial charge in [-0.1, -0.05) is 6.92 Å². The van der Waals surface area contributed by atoms with Gasteiger partial charge >= 0.3 is 0 Å². The Bertz CT molecular complexity index is 546. The molecule has 0 bridgehead atoms. The summed E-state index contributed by atoms with van der Waals surface area (Å²) in [6.07, 6.45) is 3.67. The summed E-state index contributed by atoms with van der Waals surface area (Å²) in [5.74, 6) is 0.932. The van der Waals surface area contributed by atoms with E-state index in [1.807, 2.05) is 12.1 Å². The van der Waals surface area contributed by atoms with Crippen molar-refractivity contribution in [3.05, 3.63) is 34.7 Å². The largest absolute Gasteiger partial charge is 0.494 e. The first-order valence-electron chi connectivity index (χ1n) is 7.26. The molecule has 1 aromatic carbocycles. The van der Waals surface area contributed by atoms with Crippen LogP contribution in [0.1, 0.15) is 31.2 Å². The minimum Gasteiger partial charge on any atom is -0.494 e. The van der Waals surface area contributed by atoms with E-state index in [0.29, 0.717) is 0 Å². The first-order valence-corrected chi connectivity index (χ1v) is 8.14. The summed E-state index contributed by atoms with van der Waals surface area (Å²) in [4.78, 5) is 4.69. The summed E-state index contributed by atoms with van der Waals surface area (Å²) >= 11 is 1.73. The molecule has 0 atom stereocenters. The van der Waals surface area contributed by atoms with Crippen LogP contribution in [0.3, 0.4) is 0 Å². The highest BCUT2D eigenvalue weighted by Crippen LogP contribution is 2.25. The van der Waals surface area contributed by atoms with Crippen LogP contribution >= 0.6 is 11.3 Å². The van der Waals surface area contributed by atoms with Crippen molar-refractivity contribution in [2.45, 2.75) is 38.8 Å². The number of hydrogen-bond donors (Lipinski definition) is 1. The fourth-order valence-electron chi connectivity index (χ4n) is 1.99. The van der Waals surface area contributed by atoms with Gasteiger partial charge in [-0.2, -0.15) is 0 Å². The summed E-state index contributed by atoms with van der Waals surface area (Å²) in [6, 6.07) is 8.94. The van der Waals surface area contributed by atoms with Crippen LogP contribution in [0.4, 0.5) is 0 Å². The molecule has 0 amide bonds. The van der Waals surface area contributed by atoms with Crippen molar-refractivity contribution in [1.82, 2.24) is 10.3 Å². The first-order chi connectivity index (χ1) is 9.85. The van der Waals surface area contributed by atoms with Gasteiger partial charge in [-0.15, -0.1) is 11.3 Å². The molecular weight excluding hydrogens is 268 g/mol. The van der Waals surface area contributed by atoms with E-state index in [0.717, 1.165) is 42.6 Å². The van der Waals surface area contributed by atoms with Crippen LogP contribution in [-0.2, 0) is 6.54 Å². The molecule has 3 nitrogen and oxygen atoms in total. The predicted molar refractivity (Wildman–Crippen MR) is 83.2 cm³/mol. The minimum absolute atomic E-state index is 0.734. The zero-order valence-corrected chi connectivity index (χ0v) is 12.6. The third kappa shape index (κ3) is 3.58. The number of thiazole rings is 1. The van der Waals surface area contributed by atoms with Gasteiger partial charge in [0.2, 0.25) is 0 Å². The SMILES string of the molecule is CCCOc1ccc(-c2csc(CNC3CC3)n2)cc1. The van der Waals surface area contributed by atoms with Crippen LogP contribution in [0, 0.1) is 0 Å². The van der Waals surface area contributed by atoms with E-state index in [-0.39, 0.29) is 0 Å². The van der Waals surface area contributed by atoms with Crippen molar-refractivity contribution in [3.63, 3.8) is 0 Å². The topological polar surface area (TPSA) is 34.1 Å². The molecule has 106 valence electrons. The second-order valence-electron chi connectivity index (χ2n) is 5.15. The van der Waals surface area contributed by atoms with E-state index in [9.17, 15) is 0 Å². The second-order valence-corrected chi connectivity index (χ2v) is 6.10. The van der Waals surface area contributed by atoms with Gasteiger partial charge in [-0.25, -0.2) is 4.98 Å². The third-order valence-electron chi connectivity index (χ3n) is 3.29. The van der Waals surface area contributed by atoms with E-state index >= 15 is 0 Å². The maximum absolute atomic E-state index is 5.60. The Kier molecular flexibility index (Phi) is 4.33. The zero-order valence-electron chi connectivity index (χ0n) is 11.8.